The number of nitrogens with two attached hydrogens (primary N) is 1. The first kappa shape index (κ1) is 17.0. The zero-order valence-corrected chi connectivity index (χ0v) is 13.3. The molecule has 3 nitrogen and oxygen atoms in total. The molecule has 20 heavy (non-hydrogen) atoms. The van der Waals surface area contributed by atoms with Crippen molar-refractivity contribution in [2.24, 2.45) is 17.6 Å². The number of halogens is 1. The molecule has 112 valence electrons. The second kappa shape index (κ2) is 7.09. The smallest absolute Gasteiger partial charge is 0.227 e. The fourth-order valence-electron chi connectivity index (χ4n) is 2.78. The Morgan fingerprint density at radius 1 is 1.30 bits per heavy atom. The average molecular weight is 297 g/mol. The normalized spacial score (nSPS) is 24.9. The molecule has 1 amide bonds. The largest absolute Gasteiger partial charge is 0.339 e. The molecular weight excluding hydrogens is 272 g/mol. The van der Waals surface area contributed by atoms with E-state index in [1.54, 1.807) is 0 Å². The third-order valence-electron chi connectivity index (χ3n) is 4.54. The van der Waals surface area contributed by atoms with Gasteiger partial charge < -0.3 is 10.6 Å². The monoisotopic (exact) mass is 296 g/mol. The minimum atomic E-state index is -0.225. The van der Waals surface area contributed by atoms with E-state index in [1.165, 1.54) is 0 Å². The lowest BCUT2D eigenvalue weighted by Gasteiger charge is -2.29. The summed E-state index contributed by atoms with van der Waals surface area (Å²) in [7, 11) is 0. The average Bonchev–Trinajstić information content (AvgIpc) is 2.77. The predicted octanol–water partition coefficient (Wildman–Crippen LogP) is 3.00. The Bertz CT molecular complexity index is 437. The van der Waals surface area contributed by atoms with E-state index in [9.17, 15) is 4.79 Å². The summed E-state index contributed by atoms with van der Waals surface area (Å²) in [5.74, 6) is 0.604. The van der Waals surface area contributed by atoms with Crippen molar-refractivity contribution >= 4 is 18.3 Å². The maximum Gasteiger partial charge on any atom is 0.227 e. The zero-order valence-electron chi connectivity index (χ0n) is 12.5. The highest BCUT2D eigenvalue weighted by molar-refractivity contribution is 5.85. The third-order valence-corrected chi connectivity index (χ3v) is 4.54. The van der Waals surface area contributed by atoms with Crippen LogP contribution in [-0.4, -0.2) is 23.4 Å². The molecule has 1 aromatic rings. The first-order valence-electron chi connectivity index (χ1n) is 7.13. The summed E-state index contributed by atoms with van der Waals surface area (Å²) in [6.07, 6.45) is 1.10. The summed E-state index contributed by atoms with van der Waals surface area (Å²) in [4.78, 5) is 14.6. The van der Waals surface area contributed by atoms with Crippen LogP contribution in [0, 0.1) is 11.8 Å². The van der Waals surface area contributed by atoms with Gasteiger partial charge in [-0.2, -0.15) is 0 Å². The van der Waals surface area contributed by atoms with Gasteiger partial charge in [0, 0.05) is 18.6 Å². The van der Waals surface area contributed by atoms with Crippen LogP contribution in [0.15, 0.2) is 30.3 Å². The van der Waals surface area contributed by atoms with Gasteiger partial charge in [0.2, 0.25) is 5.91 Å². The van der Waals surface area contributed by atoms with Crippen molar-refractivity contribution in [2.45, 2.75) is 39.3 Å². The number of carbonyl (C=O) groups excluding carboxylic acids is 1. The molecule has 0 saturated carbocycles. The van der Waals surface area contributed by atoms with Gasteiger partial charge in [0.05, 0.1) is 5.92 Å². The van der Waals surface area contributed by atoms with Gasteiger partial charge in [-0.05, 0) is 24.8 Å². The molecule has 1 heterocycles. The standard InChI is InChI=1S/C16H24N2O.ClH/c1-11-9-10-18(13(11)3)16(19)12(2)15(17)14-7-5-4-6-8-14;/h4-8,11-13,15H,9-10,17H2,1-3H3;1H. The summed E-state index contributed by atoms with van der Waals surface area (Å²) in [6, 6.07) is 9.98. The predicted molar refractivity (Wildman–Crippen MR) is 84.7 cm³/mol. The number of amides is 1. The Labute approximate surface area is 127 Å². The molecule has 2 rings (SSSR count). The highest BCUT2D eigenvalue weighted by atomic mass is 35.5. The van der Waals surface area contributed by atoms with E-state index >= 15 is 0 Å². The highest BCUT2D eigenvalue weighted by Gasteiger charge is 2.35. The number of likely N-dealkylation sites (tertiary alicyclic amines) is 1. The van der Waals surface area contributed by atoms with Crippen molar-refractivity contribution in [1.82, 2.24) is 4.90 Å². The number of benzene rings is 1. The van der Waals surface area contributed by atoms with Gasteiger partial charge in [0.1, 0.15) is 0 Å². The van der Waals surface area contributed by atoms with Crippen molar-refractivity contribution in [3.8, 4) is 0 Å². The number of nitrogens with zero attached hydrogens (tertiary/aromatic N) is 1. The molecule has 1 fully saturated rings. The SMILES string of the molecule is CC1CCN(C(=O)C(C)C(N)c2ccccc2)C1C.Cl. The van der Waals surface area contributed by atoms with Crippen LogP contribution in [0.1, 0.15) is 38.8 Å². The molecule has 0 aliphatic carbocycles. The lowest BCUT2D eigenvalue weighted by Crippen LogP contribution is -2.42. The first-order valence-corrected chi connectivity index (χ1v) is 7.13. The summed E-state index contributed by atoms with van der Waals surface area (Å²) >= 11 is 0. The molecular formula is C16H25ClN2O. The van der Waals surface area contributed by atoms with Crippen molar-refractivity contribution < 1.29 is 4.79 Å². The van der Waals surface area contributed by atoms with Gasteiger partial charge in [-0.3, -0.25) is 4.79 Å². The van der Waals surface area contributed by atoms with Crippen molar-refractivity contribution in [3.05, 3.63) is 35.9 Å². The van der Waals surface area contributed by atoms with E-state index in [0.29, 0.717) is 12.0 Å². The molecule has 4 heteroatoms. The van der Waals surface area contributed by atoms with Crippen LogP contribution in [0.4, 0.5) is 0 Å². The van der Waals surface area contributed by atoms with Crippen LogP contribution in [-0.2, 0) is 4.79 Å². The number of carbonyl (C=O) groups is 1. The van der Waals surface area contributed by atoms with E-state index < -0.39 is 0 Å². The van der Waals surface area contributed by atoms with Gasteiger partial charge >= 0.3 is 0 Å². The second-order valence-corrected chi connectivity index (χ2v) is 5.76. The maximum absolute atomic E-state index is 12.6. The Hall–Kier alpha value is -1.06. The van der Waals surface area contributed by atoms with Crippen LogP contribution in [0.5, 0.6) is 0 Å². The van der Waals surface area contributed by atoms with E-state index in [2.05, 4.69) is 13.8 Å². The summed E-state index contributed by atoms with van der Waals surface area (Å²) in [6.45, 7) is 7.15. The van der Waals surface area contributed by atoms with Gasteiger partial charge in [-0.25, -0.2) is 0 Å². The molecule has 1 saturated heterocycles. The molecule has 1 aliphatic heterocycles. The highest BCUT2D eigenvalue weighted by Crippen LogP contribution is 2.28. The third kappa shape index (κ3) is 3.33. The van der Waals surface area contributed by atoms with Gasteiger partial charge in [-0.1, -0.05) is 44.2 Å². The second-order valence-electron chi connectivity index (χ2n) is 5.76. The molecule has 0 spiro atoms. The van der Waals surface area contributed by atoms with E-state index in [-0.39, 0.29) is 30.3 Å². The Kier molecular flexibility index (Phi) is 6.03. The summed E-state index contributed by atoms with van der Waals surface area (Å²) in [5.41, 5.74) is 7.27. The molecule has 4 unspecified atom stereocenters. The van der Waals surface area contributed by atoms with E-state index in [0.717, 1.165) is 18.5 Å². The number of hydrogen-bond donors (Lipinski definition) is 1. The van der Waals surface area contributed by atoms with Crippen molar-refractivity contribution in [1.29, 1.82) is 0 Å². The lowest BCUT2D eigenvalue weighted by atomic mass is 9.94. The molecule has 4 atom stereocenters. The van der Waals surface area contributed by atoms with Gasteiger partial charge in [-0.15, -0.1) is 12.4 Å². The molecule has 0 aromatic heterocycles. The van der Waals surface area contributed by atoms with Crippen LogP contribution in [0.25, 0.3) is 0 Å². The molecule has 2 N–H and O–H groups in total. The minimum Gasteiger partial charge on any atom is -0.339 e. The van der Waals surface area contributed by atoms with Crippen LogP contribution in [0.3, 0.4) is 0 Å². The minimum absolute atomic E-state index is 0. The Morgan fingerprint density at radius 3 is 2.40 bits per heavy atom. The lowest BCUT2D eigenvalue weighted by molar-refractivity contribution is -0.136. The number of rotatable bonds is 3. The first-order chi connectivity index (χ1) is 9.02. The topological polar surface area (TPSA) is 46.3 Å². The van der Waals surface area contributed by atoms with Crippen molar-refractivity contribution in [2.75, 3.05) is 6.54 Å². The van der Waals surface area contributed by atoms with Gasteiger partial charge in [0.25, 0.3) is 0 Å². The fraction of sp³-hybridized carbons (Fsp3) is 0.562. The quantitative estimate of drug-likeness (QED) is 0.932. The zero-order chi connectivity index (χ0) is 14.0. The Morgan fingerprint density at radius 2 is 1.90 bits per heavy atom. The summed E-state index contributed by atoms with van der Waals surface area (Å²) in [5, 5.41) is 0. The molecule has 0 bridgehead atoms. The van der Waals surface area contributed by atoms with E-state index in [1.807, 2.05) is 42.2 Å². The van der Waals surface area contributed by atoms with Crippen LogP contribution in [0.2, 0.25) is 0 Å². The van der Waals surface area contributed by atoms with Crippen molar-refractivity contribution in [3.63, 3.8) is 0 Å². The Balaban J connectivity index is 0.00000200. The molecule has 1 aliphatic rings. The number of hydrogen-bond acceptors (Lipinski definition) is 2. The fourth-order valence-corrected chi connectivity index (χ4v) is 2.78. The summed E-state index contributed by atoms with van der Waals surface area (Å²) < 4.78 is 0. The van der Waals surface area contributed by atoms with Crippen LogP contribution >= 0.6 is 12.4 Å². The molecule has 0 radical (unpaired) electrons. The van der Waals surface area contributed by atoms with Crippen LogP contribution < -0.4 is 5.73 Å². The van der Waals surface area contributed by atoms with Gasteiger partial charge in [0.15, 0.2) is 0 Å². The van der Waals surface area contributed by atoms with E-state index in [4.69, 9.17) is 5.73 Å². The molecule has 1 aromatic carbocycles. The maximum atomic E-state index is 12.6.